The quantitative estimate of drug-likeness (QED) is 0.811. The maximum Gasteiger partial charge on any atom is 0.335 e. The molecule has 1 aliphatic rings. The van der Waals surface area contributed by atoms with Gasteiger partial charge < -0.3 is 9.47 Å². The lowest BCUT2D eigenvalue weighted by Gasteiger charge is -2.15. The normalized spacial score (nSPS) is 20.4. The summed E-state index contributed by atoms with van der Waals surface area (Å²) in [5.74, 6) is 0.152. The lowest BCUT2D eigenvalue weighted by Crippen LogP contribution is -2.25. The minimum absolute atomic E-state index is 0.335. The summed E-state index contributed by atoms with van der Waals surface area (Å²) in [4.78, 5) is 18.8. The summed E-state index contributed by atoms with van der Waals surface area (Å²) in [5.41, 5.74) is 0.868. The molecule has 114 valence electrons. The van der Waals surface area contributed by atoms with Gasteiger partial charge in [-0.25, -0.2) is 9.79 Å². The molecule has 0 amide bonds. The molecule has 1 aromatic heterocycles. The summed E-state index contributed by atoms with van der Waals surface area (Å²) < 4.78 is 11.1. The van der Waals surface area contributed by atoms with Crippen LogP contribution in [0.3, 0.4) is 0 Å². The van der Waals surface area contributed by atoms with Gasteiger partial charge in [-0.15, -0.1) is 11.3 Å². The molecule has 0 saturated heterocycles. The van der Waals surface area contributed by atoms with Crippen LogP contribution in [0.5, 0.6) is 0 Å². The predicted octanol–water partition coefficient (Wildman–Crippen LogP) is 3.51. The van der Waals surface area contributed by atoms with Crippen molar-refractivity contribution in [3.63, 3.8) is 0 Å². The third kappa shape index (κ3) is 2.90. The van der Waals surface area contributed by atoms with Crippen molar-refractivity contribution in [2.24, 2.45) is 4.99 Å². The Hall–Kier alpha value is -2.14. The number of aliphatic imine (C=N–C) groups is 1. The highest BCUT2D eigenvalue weighted by Crippen LogP contribution is 2.35. The van der Waals surface area contributed by atoms with E-state index in [4.69, 9.17) is 9.47 Å². The van der Waals surface area contributed by atoms with Gasteiger partial charge in [-0.2, -0.15) is 0 Å². The molecule has 0 saturated carbocycles. The Morgan fingerprint density at radius 3 is 2.68 bits per heavy atom. The van der Waals surface area contributed by atoms with Crippen LogP contribution in [0.2, 0.25) is 0 Å². The van der Waals surface area contributed by atoms with Crippen LogP contribution in [0.25, 0.3) is 0 Å². The van der Waals surface area contributed by atoms with E-state index in [0.29, 0.717) is 12.5 Å². The van der Waals surface area contributed by atoms with Crippen molar-refractivity contribution >= 4 is 23.2 Å². The Balaban J connectivity index is 1.92. The van der Waals surface area contributed by atoms with Gasteiger partial charge in [0.15, 0.2) is 12.1 Å². The smallest absolute Gasteiger partial charge is 0.335 e. The molecular weight excluding hydrogens is 298 g/mol. The highest BCUT2D eigenvalue weighted by molar-refractivity contribution is 7.12. The molecule has 0 fully saturated rings. The molecule has 0 aliphatic carbocycles. The molecule has 2 heterocycles. The molecule has 3 rings (SSSR count). The average molecular weight is 315 g/mol. The average Bonchev–Trinajstić information content (AvgIpc) is 3.14. The second-order valence-electron chi connectivity index (χ2n) is 4.98. The van der Waals surface area contributed by atoms with E-state index in [0.717, 1.165) is 10.4 Å². The van der Waals surface area contributed by atoms with Gasteiger partial charge in [0.2, 0.25) is 5.90 Å². The molecule has 5 heteroatoms. The largest absolute Gasteiger partial charge is 0.465 e. The molecule has 0 radical (unpaired) electrons. The van der Waals surface area contributed by atoms with Crippen LogP contribution in [0.1, 0.15) is 28.3 Å². The molecular formula is C17H17NO3S. The highest BCUT2D eigenvalue weighted by atomic mass is 32.1. The van der Waals surface area contributed by atoms with Crippen LogP contribution in [-0.2, 0) is 14.3 Å². The first-order chi connectivity index (χ1) is 10.7. The third-order valence-electron chi connectivity index (χ3n) is 3.37. The molecule has 2 unspecified atom stereocenters. The predicted molar refractivity (Wildman–Crippen MR) is 86.3 cm³/mol. The van der Waals surface area contributed by atoms with Gasteiger partial charge in [0.05, 0.1) is 6.61 Å². The molecule has 0 bridgehead atoms. The number of ether oxygens (including phenoxy) is 2. The summed E-state index contributed by atoms with van der Waals surface area (Å²) in [5, 5.41) is 0. The number of thiophene rings is 1. The van der Waals surface area contributed by atoms with Crippen molar-refractivity contribution in [1.82, 2.24) is 0 Å². The fourth-order valence-electron chi connectivity index (χ4n) is 2.36. The standard InChI is InChI=1S/C17H17NO3S/c1-3-20-17(19)14-15(13-10-9-11(2)22-13)21-16(18-14)12-7-5-4-6-8-12/h4-10,14-15H,3H2,1-2H3. The highest BCUT2D eigenvalue weighted by Gasteiger charge is 2.39. The number of carbonyl (C=O) groups is 1. The van der Waals surface area contributed by atoms with Crippen LogP contribution < -0.4 is 0 Å². The Morgan fingerprint density at radius 2 is 2.05 bits per heavy atom. The van der Waals surface area contributed by atoms with Crippen molar-refractivity contribution in [1.29, 1.82) is 0 Å². The minimum atomic E-state index is -0.645. The molecule has 1 aromatic carbocycles. The fraction of sp³-hybridized carbons (Fsp3) is 0.294. The summed E-state index contributed by atoms with van der Waals surface area (Å²) in [6.45, 7) is 4.16. The van der Waals surface area contributed by atoms with Gasteiger partial charge in [-0.05, 0) is 38.1 Å². The number of benzene rings is 1. The van der Waals surface area contributed by atoms with Gasteiger partial charge in [-0.3, -0.25) is 0 Å². The van der Waals surface area contributed by atoms with E-state index in [1.165, 1.54) is 4.88 Å². The fourth-order valence-corrected chi connectivity index (χ4v) is 3.29. The summed E-state index contributed by atoms with van der Waals surface area (Å²) in [7, 11) is 0. The van der Waals surface area contributed by atoms with Gasteiger partial charge >= 0.3 is 5.97 Å². The maximum absolute atomic E-state index is 12.2. The van der Waals surface area contributed by atoms with Gasteiger partial charge in [0.1, 0.15) is 0 Å². The van der Waals surface area contributed by atoms with Crippen molar-refractivity contribution in [3.05, 3.63) is 57.8 Å². The zero-order valence-electron chi connectivity index (χ0n) is 12.5. The minimum Gasteiger partial charge on any atom is -0.465 e. The number of nitrogens with zero attached hydrogens (tertiary/aromatic N) is 1. The van der Waals surface area contributed by atoms with Crippen LogP contribution >= 0.6 is 11.3 Å². The van der Waals surface area contributed by atoms with E-state index < -0.39 is 12.1 Å². The van der Waals surface area contributed by atoms with E-state index in [9.17, 15) is 4.79 Å². The third-order valence-corrected chi connectivity index (χ3v) is 4.43. The first-order valence-corrected chi connectivity index (χ1v) is 8.03. The maximum atomic E-state index is 12.2. The Morgan fingerprint density at radius 1 is 1.27 bits per heavy atom. The van der Waals surface area contributed by atoms with Crippen molar-refractivity contribution in [2.45, 2.75) is 26.0 Å². The second kappa shape index (κ2) is 6.32. The summed E-state index contributed by atoms with van der Waals surface area (Å²) in [6, 6.07) is 13.0. The number of esters is 1. The monoisotopic (exact) mass is 315 g/mol. The number of rotatable bonds is 4. The Bertz CT molecular complexity index is 693. The number of carbonyl (C=O) groups excluding carboxylic acids is 1. The molecule has 0 spiro atoms. The first kappa shape index (κ1) is 14.8. The van der Waals surface area contributed by atoms with Gasteiger partial charge in [0, 0.05) is 15.3 Å². The second-order valence-corrected chi connectivity index (χ2v) is 6.30. The van der Waals surface area contributed by atoms with Crippen LogP contribution in [0.15, 0.2) is 47.5 Å². The number of hydrogen-bond donors (Lipinski definition) is 0. The summed E-state index contributed by atoms with van der Waals surface area (Å²) >= 11 is 1.62. The topological polar surface area (TPSA) is 47.9 Å². The molecule has 2 atom stereocenters. The molecule has 2 aromatic rings. The van der Waals surface area contributed by atoms with Crippen LogP contribution in [0, 0.1) is 6.92 Å². The zero-order valence-corrected chi connectivity index (χ0v) is 13.3. The van der Waals surface area contributed by atoms with Gasteiger partial charge in [0.25, 0.3) is 0 Å². The van der Waals surface area contributed by atoms with E-state index in [-0.39, 0.29) is 5.97 Å². The lowest BCUT2D eigenvalue weighted by atomic mass is 10.1. The van der Waals surface area contributed by atoms with Gasteiger partial charge in [-0.1, -0.05) is 18.2 Å². The number of hydrogen-bond acceptors (Lipinski definition) is 5. The molecule has 0 N–H and O–H groups in total. The van der Waals surface area contributed by atoms with E-state index >= 15 is 0 Å². The summed E-state index contributed by atoms with van der Waals surface area (Å²) in [6.07, 6.45) is -0.409. The van der Waals surface area contributed by atoms with Crippen molar-refractivity contribution in [3.8, 4) is 0 Å². The van der Waals surface area contributed by atoms with Crippen LogP contribution in [0.4, 0.5) is 0 Å². The van der Waals surface area contributed by atoms with E-state index in [1.807, 2.05) is 49.4 Å². The number of aryl methyl sites for hydroxylation is 1. The molecule has 1 aliphatic heterocycles. The zero-order chi connectivity index (χ0) is 15.5. The van der Waals surface area contributed by atoms with Crippen LogP contribution in [-0.4, -0.2) is 24.5 Å². The SMILES string of the molecule is CCOC(=O)C1N=C(c2ccccc2)OC1c1ccc(C)s1. The molecule has 4 nitrogen and oxygen atoms in total. The Kier molecular flexibility index (Phi) is 4.24. The molecule has 22 heavy (non-hydrogen) atoms. The van der Waals surface area contributed by atoms with Crippen molar-refractivity contribution in [2.75, 3.05) is 6.61 Å². The Labute approximate surface area is 133 Å². The first-order valence-electron chi connectivity index (χ1n) is 7.22. The van der Waals surface area contributed by atoms with E-state index in [1.54, 1.807) is 18.3 Å². The lowest BCUT2D eigenvalue weighted by molar-refractivity contribution is -0.146. The van der Waals surface area contributed by atoms with Crippen molar-refractivity contribution < 1.29 is 14.3 Å². The van der Waals surface area contributed by atoms with E-state index in [2.05, 4.69) is 4.99 Å².